The molecule has 0 unspecified atom stereocenters. The van der Waals surface area contributed by atoms with Gasteiger partial charge < -0.3 is 4.90 Å². The van der Waals surface area contributed by atoms with E-state index in [-0.39, 0.29) is 17.8 Å². The molecule has 24 heavy (non-hydrogen) atoms. The van der Waals surface area contributed by atoms with Crippen molar-refractivity contribution in [1.82, 2.24) is 14.7 Å². The maximum absolute atomic E-state index is 13.9. The number of aryl methyl sites for hydroxylation is 2. The first kappa shape index (κ1) is 16.6. The molecular formula is C18H23FN4O. The van der Waals surface area contributed by atoms with Gasteiger partial charge in [0.1, 0.15) is 5.82 Å². The fourth-order valence-electron chi connectivity index (χ4n) is 3.27. The van der Waals surface area contributed by atoms with Gasteiger partial charge in [0, 0.05) is 19.8 Å². The molecule has 2 aromatic rings. The minimum atomic E-state index is -0.342. The molecule has 0 spiro atoms. The van der Waals surface area contributed by atoms with E-state index >= 15 is 0 Å². The van der Waals surface area contributed by atoms with E-state index in [1.807, 2.05) is 26.5 Å². The van der Waals surface area contributed by atoms with Crippen molar-refractivity contribution in [3.8, 4) is 0 Å². The predicted octanol–water partition coefficient (Wildman–Crippen LogP) is 2.23. The van der Waals surface area contributed by atoms with Crippen molar-refractivity contribution in [2.45, 2.75) is 25.3 Å². The first-order valence-electron chi connectivity index (χ1n) is 8.30. The van der Waals surface area contributed by atoms with Gasteiger partial charge in [0.2, 0.25) is 5.91 Å². The van der Waals surface area contributed by atoms with Gasteiger partial charge in [-0.1, -0.05) is 12.1 Å². The third-order valence-corrected chi connectivity index (χ3v) is 4.59. The zero-order valence-electron chi connectivity index (χ0n) is 14.2. The molecule has 1 fully saturated rings. The first-order valence-corrected chi connectivity index (χ1v) is 8.30. The van der Waals surface area contributed by atoms with Gasteiger partial charge in [0.15, 0.2) is 0 Å². The lowest BCUT2D eigenvalue weighted by molar-refractivity contribution is -0.121. The fourth-order valence-corrected chi connectivity index (χ4v) is 3.27. The lowest BCUT2D eigenvalue weighted by Crippen LogP contribution is -2.40. The van der Waals surface area contributed by atoms with E-state index in [1.54, 1.807) is 27.8 Å². The average molecular weight is 330 g/mol. The highest BCUT2D eigenvalue weighted by atomic mass is 19.1. The average Bonchev–Trinajstić information content (AvgIpc) is 3.14. The van der Waals surface area contributed by atoms with Crippen LogP contribution >= 0.6 is 0 Å². The van der Waals surface area contributed by atoms with E-state index in [0.717, 1.165) is 25.8 Å². The molecule has 0 radical (unpaired) electrons. The summed E-state index contributed by atoms with van der Waals surface area (Å²) in [5, 5.41) is 4.16. The van der Waals surface area contributed by atoms with E-state index in [1.165, 1.54) is 11.6 Å². The highest BCUT2D eigenvalue weighted by Gasteiger charge is 2.35. The van der Waals surface area contributed by atoms with E-state index in [0.29, 0.717) is 12.2 Å². The maximum Gasteiger partial charge on any atom is 0.244 e. The minimum absolute atomic E-state index is 0.0102. The number of carbonyl (C=O) groups is 1. The summed E-state index contributed by atoms with van der Waals surface area (Å²) in [6.45, 7) is 1.40. The number of amides is 1. The van der Waals surface area contributed by atoms with Gasteiger partial charge >= 0.3 is 0 Å². The maximum atomic E-state index is 13.9. The summed E-state index contributed by atoms with van der Waals surface area (Å²) in [6.07, 6.45) is 6.53. The lowest BCUT2D eigenvalue weighted by Gasteiger charge is -2.23. The second kappa shape index (κ2) is 7.13. The summed E-state index contributed by atoms with van der Waals surface area (Å²) in [5.74, 6) is -0.352. The van der Waals surface area contributed by atoms with Crippen molar-refractivity contribution in [3.05, 3.63) is 48.0 Å². The molecule has 1 atom stereocenters. The lowest BCUT2D eigenvalue weighted by atomic mass is 10.1. The molecule has 3 rings (SSSR count). The Bertz CT molecular complexity index is 715. The molecule has 128 valence electrons. The van der Waals surface area contributed by atoms with Crippen LogP contribution < -0.4 is 4.90 Å². The SMILES string of the molecule is CN(CCCc1cnn(C)c1)[C@H]1CCN(c2ccccc2F)C1=O. The monoisotopic (exact) mass is 330 g/mol. The smallest absolute Gasteiger partial charge is 0.244 e. The van der Waals surface area contributed by atoms with Gasteiger partial charge in [-0.25, -0.2) is 4.39 Å². The van der Waals surface area contributed by atoms with Crippen molar-refractivity contribution >= 4 is 11.6 Å². The van der Waals surface area contributed by atoms with Crippen LogP contribution in [-0.4, -0.2) is 46.8 Å². The number of likely N-dealkylation sites (N-methyl/N-ethyl adjacent to an activating group) is 1. The summed E-state index contributed by atoms with van der Waals surface area (Å²) in [5.41, 5.74) is 1.59. The van der Waals surface area contributed by atoms with E-state index < -0.39 is 0 Å². The third-order valence-electron chi connectivity index (χ3n) is 4.59. The molecule has 0 bridgehead atoms. The minimum Gasteiger partial charge on any atom is -0.308 e. The molecule has 1 aliphatic heterocycles. The Morgan fingerprint density at radius 2 is 2.17 bits per heavy atom. The van der Waals surface area contributed by atoms with Gasteiger partial charge in [-0.15, -0.1) is 0 Å². The zero-order chi connectivity index (χ0) is 17.1. The standard InChI is InChI=1S/C18H23FN4O/c1-21(10-5-6-14-12-20-22(2)13-14)17-9-11-23(18(17)24)16-8-4-3-7-15(16)19/h3-4,7-8,12-13,17H,5-6,9-11H2,1-2H3/t17-/m0/s1. The number of para-hydroxylation sites is 1. The van der Waals surface area contributed by atoms with Crippen LogP contribution in [0.5, 0.6) is 0 Å². The van der Waals surface area contributed by atoms with E-state index in [2.05, 4.69) is 10.00 Å². The summed E-state index contributed by atoms with van der Waals surface area (Å²) in [6, 6.07) is 6.29. The summed E-state index contributed by atoms with van der Waals surface area (Å²) in [4.78, 5) is 16.3. The Morgan fingerprint density at radius 1 is 1.38 bits per heavy atom. The van der Waals surface area contributed by atoms with Gasteiger partial charge in [0.25, 0.3) is 0 Å². The number of hydrogen-bond acceptors (Lipinski definition) is 3. The van der Waals surface area contributed by atoms with Crippen LogP contribution in [0.4, 0.5) is 10.1 Å². The largest absolute Gasteiger partial charge is 0.308 e. The van der Waals surface area contributed by atoms with Crippen LogP contribution in [0.15, 0.2) is 36.7 Å². The Balaban J connectivity index is 1.55. The third kappa shape index (κ3) is 3.48. The Labute approximate surface area is 141 Å². The number of rotatable bonds is 6. The van der Waals surface area contributed by atoms with Crippen LogP contribution in [0, 0.1) is 5.82 Å². The van der Waals surface area contributed by atoms with Crippen LogP contribution in [0.1, 0.15) is 18.4 Å². The van der Waals surface area contributed by atoms with Crippen molar-refractivity contribution in [2.24, 2.45) is 7.05 Å². The summed E-state index contributed by atoms with van der Waals surface area (Å²) in [7, 11) is 3.88. The molecule has 1 saturated heterocycles. The molecule has 6 heteroatoms. The van der Waals surface area contributed by atoms with Crippen LogP contribution in [0.3, 0.4) is 0 Å². The van der Waals surface area contributed by atoms with E-state index in [4.69, 9.17) is 0 Å². The molecule has 1 amide bonds. The fraction of sp³-hybridized carbons (Fsp3) is 0.444. The van der Waals surface area contributed by atoms with Crippen molar-refractivity contribution in [1.29, 1.82) is 0 Å². The molecule has 0 N–H and O–H groups in total. The van der Waals surface area contributed by atoms with Crippen molar-refractivity contribution in [2.75, 3.05) is 25.0 Å². The molecule has 0 aliphatic carbocycles. The van der Waals surface area contributed by atoms with Gasteiger partial charge in [-0.3, -0.25) is 14.4 Å². The quantitative estimate of drug-likeness (QED) is 0.816. The Hall–Kier alpha value is -2.21. The number of aromatic nitrogens is 2. The van der Waals surface area contributed by atoms with Gasteiger partial charge in [-0.05, 0) is 50.6 Å². The molecule has 1 aromatic heterocycles. The normalized spacial score (nSPS) is 17.9. The molecule has 5 nitrogen and oxygen atoms in total. The molecule has 0 saturated carbocycles. The first-order chi connectivity index (χ1) is 11.6. The van der Waals surface area contributed by atoms with Crippen molar-refractivity contribution < 1.29 is 9.18 Å². The zero-order valence-corrected chi connectivity index (χ0v) is 14.2. The number of halogens is 1. The number of hydrogen-bond donors (Lipinski definition) is 0. The Morgan fingerprint density at radius 3 is 2.88 bits per heavy atom. The number of carbonyl (C=O) groups excluding carboxylic acids is 1. The Kier molecular flexibility index (Phi) is 4.94. The molecule has 1 aliphatic rings. The highest BCUT2D eigenvalue weighted by Crippen LogP contribution is 2.26. The molecular weight excluding hydrogens is 307 g/mol. The second-order valence-corrected chi connectivity index (χ2v) is 6.35. The summed E-state index contributed by atoms with van der Waals surface area (Å²) >= 11 is 0. The molecule has 2 heterocycles. The van der Waals surface area contributed by atoms with E-state index in [9.17, 15) is 9.18 Å². The molecule has 1 aromatic carbocycles. The van der Waals surface area contributed by atoms with Crippen molar-refractivity contribution in [3.63, 3.8) is 0 Å². The van der Waals surface area contributed by atoms with Crippen LogP contribution in [0.2, 0.25) is 0 Å². The summed E-state index contributed by atoms with van der Waals surface area (Å²) < 4.78 is 15.7. The number of anilines is 1. The van der Waals surface area contributed by atoms with Crippen LogP contribution in [-0.2, 0) is 18.3 Å². The van der Waals surface area contributed by atoms with Crippen LogP contribution in [0.25, 0.3) is 0 Å². The number of nitrogens with zero attached hydrogens (tertiary/aromatic N) is 4. The highest BCUT2D eigenvalue weighted by molar-refractivity contribution is 5.99. The van der Waals surface area contributed by atoms with Gasteiger partial charge in [0.05, 0.1) is 17.9 Å². The second-order valence-electron chi connectivity index (χ2n) is 6.35. The topological polar surface area (TPSA) is 41.4 Å². The van der Waals surface area contributed by atoms with Gasteiger partial charge in [-0.2, -0.15) is 5.10 Å². The predicted molar refractivity (Wildman–Crippen MR) is 91.3 cm³/mol. The number of benzene rings is 1.